The van der Waals surface area contributed by atoms with Crippen molar-refractivity contribution in [1.29, 1.82) is 0 Å². The van der Waals surface area contributed by atoms with Crippen molar-refractivity contribution in [2.45, 2.75) is 19.0 Å². The lowest BCUT2D eigenvalue weighted by Gasteiger charge is -2.20. The molecule has 2 N–H and O–H groups in total. The maximum Gasteiger partial charge on any atom is 0.419 e. The fourth-order valence-corrected chi connectivity index (χ4v) is 2.35. The molecule has 0 amide bonds. The fourth-order valence-electron chi connectivity index (χ4n) is 2.35. The Bertz CT molecular complexity index is 625. The Hall–Kier alpha value is -2.01. The Labute approximate surface area is 127 Å². The number of ether oxygens (including phenoxy) is 1. The van der Waals surface area contributed by atoms with Crippen LogP contribution < -0.4 is 10.5 Å². The van der Waals surface area contributed by atoms with Gasteiger partial charge in [-0.25, -0.2) is 0 Å². The van der Waals surface area contributed by atoms with Crippen LogP contribution in [0, 0.1) is 6.92 Å². The molecule has 0 aliphatic rings. The first-order valence-electron chi connectivity index (χ1n) is 6.98. The van der Waals surface area contributed by atoms with E-state index in [0.717, 1.165) is 17.2 Å². The highest BCUT2D eigenvalue weighted by molar-refractivity contribution is 5.36. The summed E-state index contributed by atoms with van der Waals surface area (Å²) in [5.41, 5.74) is 7.03. The van der Waals surface area contributed by atoms with Crippen molar-refractivity contribution in [3.63, 3.8) is 0 Å². The number of halogens is 3. The number of para-hydroxylation sites is 1. The number of nitrogens with two attached hydrogens (primary N) is 1. The molecule has 0 aliphatic heterocycles. The predicted octanol–water partition coefficient (Wildman–Crippen LogP) is 4.14. The Kier molecular flexibility index (Phi) is 5.08. The monoisotopic (exact) mass is 309 g/mol. The molecule has 1 atom stereocenters. The summed E-state index contributed by atoms with van der Waals surface area (Å²) in [6.45, 7) is 2.36. The van der Waals surface area contributed by atoms with Crippen LogP contribution in [0.25, 0.3) is 0 Å². The van der Waals surface area contributed by atoms with Gasteiger partial charge >= 0.3 is 6.18 Å². The molecule has 0 saturated heterocycles. The molecule has 2 rings (SSSR count). The molecule has 0 saturated carbocycles. The van der Waals surface area contributed by atoms with Crippen LogP contribution in [0.4, 0.5) is 13.2 Å². The largest absolute Gasteiger partial charge is 0.492 e. The van der Waals surface area contributed by atoms with Crippen LogP contribution in [-0.2, 0) is 6.18 Å². The predicted molar refractivity (Wildman–Crippen MR) is 79.9 cm³/mol. The second-order valence-electron chi connectivity index (χ2n) is 5.09. The number of rotatable bonds is 5. The van der Waals surface area contributed by atoms with E-state index in [2.05, 4.69) is 0 Å². The Morgan fingerprint density at radius 2 is 1.68 bits per heavy atom. The Balaban J connectivity index is 2.17. The van der Waals surface area contributed by atoms with Crippen LogP contribution in [0.1, 0.15) is 22.6 Å². The van der Waals surface area contributed by atoms with Gasteiger partial charge in [-0.05, 0) is 30.2 Å². The van der Waals surface area contributed by atoms with Gasteiger partial charge in [-0.15, -0.1) is 0 Å². The van der Waals surface area contributed by atoms with Gasteiger partial charge in [-0.2, -0.15) is 13.2 Å². The quantitative estimate of drug-likeness (QED) is 0.901. The fraction of sp³-hybridized carbons (Fsp3) is 0.294. The third-order valence-corrected chi connectivity index (χ3v) is 3.55. The molecule has 2 aromatic rings. The lowest BCUT2D eigenvalue weighted by molar-refractivity contribution is -0.139. The van der Waals surface area contributed by atoms with E-state index >= 15 is 0 Å². The van der Waals surface area contributed by atoms with Crippen LogP contribution in [0.15, 0.2) is 48.5 Å². The Morgan fingerprint density at radius 3 is 2.32 bits per heavy atom. The van der Waals surface area contributed by atoms with Gasteiger partial charge in [0.2, 0.25) is 0 Å². The van der Waals surface area contributed by atoms with Crippen LogP contribution in [0.2, 0.25) is 0 Å². The topological polar surface area (TPSA) is 35.2 Å². The lowest BCUT2D eigenvalue weighted by Crippen LogP contribution is -2.21. The highest BCUT2D eigenvalue weighted by Crippen LogP contribution is 2.36. The van der Waals surface area contributed by atoms with Gasteiger partial charge in [0, 0.05) is 12.5 Å². The minimum absolute atomic E-state index is 0.106. The SMILES string of the molecule is Cc1ccccc1C(CN)COc1ccccc1C(F)(F)F. The first-order valence-corrected chi connectivity index (χ1v) is 6.98. The number of aryl methyl sites for hydroxylation is 1. The third-order valence-electron chi connectivity index (χ3n) is 3.55. The molecule has 2 nitrogen and oxygen atoms in total. The van der Waals surface area contributed by atoms with Crippen molar-refractivity contribution in [2.24, 2.45) is 5.73 Å². The maximum absolute atomic E-state index is 12.9. The summed E-state index contributed by atoms with van der Waals surface area (Å²) in [7, 11) is 0. The second-order valence-corrected chi connectivity index (χ2v) is 5.09. The minimum Gasteiger partial charge on any atom is -0.492 e. The highest BCUT2D eigenvalue weighted by Gasteiger charge is 2.34. The van der Waals surface area contributed by atoms with E-state index in [1.807, 2.05) is 31.2 Å². The lowest BCUT2D eigenvalue weighted by atomic mass is 9.95. The third kappa shape index (κ3) is 3.80. The zero-order chi connectivity index (χ0) is 16.2. The van der Waals surface area contributed by atoms with Gasteiger partial charge in [-0.1, -0.05) is 36.4 Å². The van der Waals surface area contributed by atoms with E-state index in [0.29, 0.717) is 6.54 Å². The first kappa shape index (κ1) is 16.4. The molecule has 0 radical (unpaired) electrons. The van der Waals surface area contributed by atoms with Crippen molar-refractivity contribution in [2.75, 3.05) is 13.2 Å². The summed E-state index contributed by atoms with van der Waals surface area (Å²) in [5, 5.41) is 0. The van der Waals surface area contributed by atoms with Crippen LogP contribution in [0.5, 0.6) is 5.75 Å². The summed E-state index contributed by atoms with van der Waals surface area (Å²) >= 11 is 0. The molecule has 0 heterocycles. The summed E-state index contributed by atoms with van der Waals surface area (Å²) < 4.78 is 44.2. The van der Waals surface area contributed by atoms with E-state index in [1.165, 1.54) is 18.2 Å². The standard InChI is InChI=1S/C17H18F3NO/c1-12-6-2-3-7-14(12)13(10-21)11-22-16-9-5-4-8-15(16)17(18,19)20/h2-9,13H,10-11,21H2,1H3. The maximum atomic E-state index is 12.9. The van der Waals surface area contributed by atoms with Crippen LogP contribution >= 0.6 is 0 Å². The molecule has 0 fully saturated rings. The molecule has 22 heavy (non-hydrogen) atoms. The van der Waals surface area contributed by atoms with Gasteiger partial charge in [0.05, 0.1) is 12.2 Å². The molecule has 0 aliphatic carbocycles. The average molecular weight is 309 g/mol. The van der Waals surface area contributed by atoms with E-state index in [9.17, 15) is 13.2 Å². The summed E-state index contributed by atoms with van der Waals surface area (Å²) in [6.07, 6.45) is -4.43. The molecule has 0 aromatic heterocycles. The smallest absolute Gasteiger partial charge is 0.419 e. The molecule has 1 unspecified atom stereocenters. The van der Waals surface area contributed by atoms with Gasteiger partial charge in [0.1, 0.15) is 5.75 Å². The highest BCUT2D eigenvalue weighted by atomic mass is 19.4. The molecule has 5 heteroatoms. The summed E-state index contributed by atoms with van der Waals surface area (Å²) in [6, 6.07) is 12.9. The van der Waals surface area contributed by atoms with E-state index in [4.69, 9.17) is 10.5 Å². The summed E-state index contributed by atoms with van der Waals surface area (Å²) in [5.74, 6) is -0.315. The number of benzene rings is 2. The van der Waals surface area contributed by atoms with E-state index in [-0.39, 0.29) is 18.3 Å². The Morgan fingerprint density at radius 1 is 1.05 bits per heavy atom. The molecule has 2 aromatic carbocycles. The van der Waals surface area contributed by atoms with Crippen molar-refractivity contribution < 1.29 is 17.9 Å². The number of alkyl halides is 3. The number of hydrogen-bond acceptors (Lipinski definition) is 2. The van der Waals surface area contributed by atoms with Crippen LogP contribution in [0.3, 0.4) is 0 Å². The van der Waals surface area contributed by atoms with Gasteiger partial charge in [0.15, 0.2) is 0 Å². The zero-order valence-corrected chi connectivity index (χ0v) is 12.2. The normalized spacial score (nSPS) is 13.0. The van der Waals surface area contributed by atoms with Crippen molar-refractivity contribution in [3.8, 4) is 5.75 Å². The first-order chi connectivity index (χ1) is 10.4. The zero-order valence-electron chi connectivity index (χ0n) is 12.2. The van der Waals surface area contributed by atoms with Crippen molar-refractivity contribution in [1.82, 2.24) is 0 Å². The number of hydrogen-bond donors (Lipinski definition) is 1. The average Bonchev–Trinajstić information content (AvgIpc) is 2.49. The molecular formula is C17H18F3NO. The van der Waals surface area contributed by atoms with Crippen molar-refractivity contribution in [3.05, 3.63) is 65.2 Å². The van der Waals surface area contributed by atoms with Gasteiger partial charge < -0.3 is 10.5 Å². The van der Waals surface area contributed by atoms with Crippen LogP contribution in [-0.4, -0.2) is 13.2 Å². The van der Waals surface area contributed by atoms with E-state index < -0.39 is 11.7 Å². The molecular weight excluding hydrogens is 291 g/mol. The van der Waals surface area contributed by atoms with E-state index in [1.54, 1.807) is 0 Å². The van der Waals surface area contributed by atoms with Gasteiger partial charge in [-0.3, -0.25) is 0 Å². The summed E-state index contributed by atoms with van der Waals surface area (Å²) in [4.78, 5) is 0. The molecule has 118 valence electrons. The van der Waals surface area contributed by atoms with Crippen molar-refractivity contribution >= 4 is 0 Å². The second kappa shape index (κ2) is 6.83. The molecule has 0 bridgehead atoms. The van der Waals surface area contributed by atoms with Gasteiger partial charge in [0.25, 0.3) is 0 Å². The minimum atomic E-state index is -4.43. The molecule has 0 spiro atoms.